The Morgan fingerprint density at radius 2 is 2.05 bits per heavy atom. The molecule has 6 nitrogen and oxygen atoms in total. The van der Waals surface area contributed by atoms with Crippen LogP contribution in [-0.4, -0.2) is 27.3 Å². The second kappa shape index (κ2) is 5.61. The number of hydrogen-bond donors (Lipinski definition) is 1. The third-order valence-electron chi connectivity index (χ3n) is 2.93. The van der Waals surface area contributed by atoms with E-state index in [2.05, 4.69) is 10.2 Å². The predicted molar refractivity (Wildman–Crippen MR) is 77.4 cm³/mol. The number of amides is 2. The zero-order valence-electron chi connectivity index (χ0n) is 10.8. The molecular weight excluding hydrogens is 334 g/mol. The Balaban J connectivity index is 1.83. The number of halogens is 2. The Labute approximate surface area is 131 Å². The minimum absolute atomic E-state index is 0.00813. The van der Waals surface area contributed by atoms with E-state index in [-0.39, 0.29) is 17.2 Å². The number of carbonyl (C=O) groups excluding carboxylic acids is 2. The van der Waals surface area contributed by atoms with Crippen LogP contribution in [0.4, 0.5) is 19.6 Å². The number of imide groups is 1. The zero-order chi connectivity index (χ0) is 15.9. The van der Waals surface area contributed by atoms with E-state index in [4.69, 9.17) is 5.73 Å². The van der Waals surface area contributed by atoms with E-state index in [1.165, 1.54) is 6.07 Å². The number of aromatic nitrogens is 2. The molecule has 2 aromatic rings. The van der Waals surface area contributed by atoms with E-state index in [1.54, 1.807) is 0 Å². The van der Waals surface area contributed by atoms with Gasteiger partial charge in [0.15, 0.2) is 16.0 Å². The first-order chi connectivity index (χ1) is 10.5. The first-order valence-electron chi connectivity index (χ1n) is 6.03. The van der Waals surface area contributed by atoms with E-state index in [0.717, 1.165) is 40.1 Å². The third kappa shape index (κ3) is 2.66. The molecule has 2 amide bonds. The minimum Gasteiger partial charge on any atom is -0.374 e. The first-order valence-corrected chi connectivity index (χ1v) is 7.73. The zero-order valence-corrected chi connectivity index (χ0v) is 12.5. The molecule has 2 N–H and O–H groups in total. The molecule has 0 saturated carbocycles. The molecule has 0 bridgehead atoms. The van der Waals surface area contributed by atoms with Crippen molar-refractivity contribution < 1.29 is 18.4 Å². The molecule has 0 unspecified atom stereocenters. The highest BCUT2D eigenvalue weighted by Crippen LogP contribution is 2.35. The van der Waals surface area contributed by atoms with Crippen molar-refractivity contribution in [3.63, 3.8) is 0 Å². The van der Waals surface area contributed by atoms with Gasteiger partial charge in [0.1, 0.15) is 5.25 Å². The van der Waals surface area contributed by atoms with Crippen molar-refractivity contribution in [2.24, 2.45) is 0 Å². The lowest BCUT2D eigenvalue weighted by molar-refractivity contribution is -0.121. The van der Waals surface area contributed by atoms with Crippen LogP contribution >= 0.6 is 23.1 Å². The first kappa shape index (κ1) is 14.9. The average Bonchev–Trinajstić information content (AvgIpc) is 2.98. The van der Waals surface area contributed by atoms with Crippen LogP contribution in [0.15, 0.2) is 22.5 Å². The van der Waals surface area contributed by atoms with Gasteiger partial charge in [-0.15, -0.1) is 10.2 Å². The second-order valence-electron chi connectivity index (χ2n) is 4.38. The highest BCUT2D eigenvalue weighted by molar-refractivity contribution is 8.02. The van der Waals surface area contributed by atoms with E-state index >= 15 is 0 Å². The van der Waals surface area contributed by atoms with Gasteiger partial charge < -0.3 is 5.73 Å². The molecule has 0 spiro atoms. The van der Waals surface area contributed by atoms with Crippen LogP contribution in [0.2, 0.25) is 0 Å². The molecule has 1 aromatic carbocycles. The van der Waals surface area contributed by atoms with Gasteiger partial charge in [0.05, 0.1) is 5.69 Å². The molecule has 1 fully saturated rings. The van der Waals surface area contributed by atoms with E-state index in [9.17, 15) is 18.4 Å². The Kier molecular flexibility index (Phi) is 3.79. The van der Waals surface area contributed by atoms with Crippen molar-refractivity contribution in [3.05, 3.63) is 29.8 Å². The van der Waals surface area contributed by atoms with Crippen LogP contribution in [0.5, 0.6) is 0 Å². The lowest BCUT2D eigenvalue weighted by Crippen LogP contribution is -2.31. The summed E-state index contributed by atoms with van der Waals surface area (Å²) in [6.45, 7) is 0. The van der Waals surface area contributed by atoms with Gasteiger partial charge >= 0.3 is 0 Å². The standard InChI is InChI=1S/C12H8F2N4O2S2/c13-6-2-1-5(3-7(6)14)18-9(19)4-8(10(18)20)21-12-17-16-11(15)22-12/h1-3,8H,4H2,(H2,15,16)/t8-/m1/s1. The minimum atomic E-state index is -1.12. The number of benzene rings is 1. The van der Waals surface area contributed by atoms with Gasteiger partial charge in [-0.3, -0.25) is 9.59 Å². The number of rotatable bonds is 3. The molecule has 1 saturated heterocycles. The maximum Gasteiger partial charge on any atom is 0.247 e. The van der Waals surface area contributed by atoms with Crippen molar-refractivity contribution in [2.75, 3.05) is 10.6 Å². The van der Waals surface area contributed by atoms with Crippen molar-refractivity contribution >= 4 is 45.7 Å². The van der Waals surface area contributed by atoms with Crippen LogP contribution in [0.1, 0.15) is 6.42 Å². The van der Waals surface area contributed by atoms with Gasteiger partial charge in [-0.2, -0.15) is 0 Å². The fourth-order valence-electron chi connectivity index (χ4n) is 1.98. The molecular formula is C12H8F2N4O2S2. The Bertz CT molecular complexity index is 767. The van der Waals surface area contributed by atoms with Gasteiger partial charge in [-0.1, -0.05) is 23.1 Å². The van der Waals surface area contributed by atoms with Crippen LogP contribution in [0.3, 0.4) is 0 Å². The summed E-state index contributed by atoms with van der Waals surface area (Å²) >= 11 is 2.18. The monoisotopic (exact) mass is 342 g/mol. The van der Waals surface area contributed by atoms with E-state index in [1.807, 2.05) is 0 Å². The van der Waals surface area contributed by atoms with Gasteiger partial charge in [0.25, 0.3) is 0 Å². The molecule has 1 aromatic heterocycles. The van der Waals surface area contributed by atoms with Crippen LogP contribution in [0, 0.1) is 11.6 Å². The number of carbonyl (C=O) groups is 2. The Morgan fingerprint density at radius 1 is 1.27 bits per heavy atom. The summed E-state index contributed by atoms with van der Waals surface area (Å²) in [7, 11) is 0. The van der Waals surface area contributed by atoms with Crippen LogP contribution in [-0.2, 0) is 9.59 Å². The van der Waals surface area contributed by atoms with Gasteiger partial charge in [-0.25, -0.2) is 13.7 Å². The lowest BCUT2D eigenvalue weighted by Gasteiger charge is -2.14. The van der Waals surface area contributed by atoms with E-state index in [0.29, 0.717) is 4.34 Å². The summed E-state index contributed by atoms with van der Waals surface area (Å²) in [6, 6.07) is 2.88. The molecule has 0 radical (unpaired) electrons. The summed E-state index contributed by atoms with van der Waals surface area (Å²) in [5, 5.41) is 6.98. The lowest BCUT2D eigenvalue weighted by atomic mass is 10.3. The summed E-state index contributed by atoms with van der Waals surface area (Å²) in [5.41, 5.74) is 5.46. The van der Waals surface area contributed by atoms with Gasteiger partial charge in [-0.05, 0) is 12.1 Å². The fourth-order valence-corrected chi connectivity index (χ4v) is 3.88. The predicted octanol–water partition coefficient (Wildman–Crippen LogP) is 1.82. The summed E-state index contributed by atoms with van der Waals surface area (Å²) in [5.74, 6) is -3.15. The number of nitrogens with two attached hydrogens (primary N) is 1. The highest BCUT2D eigenvalue weighted by atomic mass is 32.2. The summed E-state index contributed by atoms with van der Waals surface area (Å²) in [4.78, 5) is 25.2. The molecule has 1 aliphatic rings. The number of thioether (sulfide) groups is 1. The SMILES string of the molecule is Nc1nnc(S[C@@H]2CC(=O)N(c3ccc(F)c(F)c3)C2=O)s1. The van der Waals surface area contributed by atoms with Crippen molar-refractivity contribution in [1.29, 1.82) is 0 Å². The molecule has 0 aliphatic carbocycles. The molecule has 1 aliphatic heterocycles. The van der Waals surface area contributed by atoms with Crippen molar-refractivity contribution in [2.45, 2.75) is 16.0 Å². The Hall–Kier alpha value is -2.07. The van der Waals surface area contributed by atoms with Crippen LogP contribution in [0.25, 0.3) is 0 Å². The van der Waals surface area contributed by atoms with E-state index < -0.39 is 28.7 Å². The number of hydrogen-bond acceptors (Lipinski definition) is 7. The molecule has 1 atom stereocenters. The number of anilines is 2. The summed E-state index contributed by atoms with van der Waals surface area (Å²) in [6.07, 6.45) is -0.0536. The van der Waals surface area contributed by atoms with Gasteiger partial charge in [0.2, 0.25) is 16.9 Å². The smallest absolute Gasteiger partial charge is 0.247 e. The Morgan fingerprint density at radius 3 is 2.68 bits per heavy atom. The fraction of sp³-hybridized carbons (Fsp3) is 0.167. The topological polar surface area (TPSA) is 89.2 Å². The van der Waals surface area contributed by atoms with Crippen molar-refractivity contribution in [1.82, 2.24) is 10.2 Å². The number of nitrogen functional groups attached to an aromatic ring is 1. The summed E-state index contributed by atoms with van der Waals surface area (Å²) < 4.78 is 26.7. The van der Waals surface area contributed by atoms with Crippen LogP contribution < -0.4 is 10.6 Å². The largest absolute Gasteiger partial charge is 0.374 e. The molecule has 114 valence electrons. The maximum absolute atomic E-state index is 13.3. The molecule has 3 rings (SSSR count). The second-order valence-corrected chi connectivity index (χ2v) is 6.84. The molecule has 22 heavy (non-hydrogen) atoms. The quantitative estimate of drug-likeness (QED) is 0.856. The average molecular weight is 342 g/mol. The normalized spacial score (nSPS) is 18.3. The maximum atomic E-state index is 13.3. The highest BCUT2D eigenvalue weighted by Gasteiger charge is 2.41. The van der Waals surface area contributed by atoms with Gasteiger partial charge in [0, 0.05) is 12.5 Å². The molecule has 10 heteroatoms. The third-order valence-corrected chi connectivity index (χ3v) is 4.95. The molecule has 2 heterocycles. The number of nitrogens with zero attached hydrogens (tertiary/aromatic N) is 3. The van der Waals surface area contributed by atoms with Crippen molar-refractivity contribution in [3.8, 4) is 0 Å².